The van der Waals surface area contributed by atoms with Crippen molar-refractivity contribution in [2.75, 3.05) is 13.6 Å². The van der Waals surface area contributed by atoms with Crippen LogP contribution in [0.15, 0.2) is 29.2 Å². The van der Waals surface area contributed by atoms with Crippen LogP contribution in [0.4, 0.5) is 13.2 Å². The number of benzene rings is 1. The number of hydrogen-bond acceptors (Lipinski definition) is 4. The van der Waals surface area contributed by atoms with Crippen LogP contribution in [0.3, 0.4) is 0 Å². The second-order valence-corrected chi connectivity index (χ2v) is 10.8. The van der Waals surface area contributed by atoms with Gasteiger partial charge in [-0.3, -0.25) is 4.79 Å². The summed E-state index contributed by atoms with van der Waals surface area (Å²) in [7, 11) is -2.10. The van der Waals surface area contributed by atoms with Crippen molar-refractivity contribution in [2.24, 2.45) is 0 Å². The molecule has 29 heavy (non-hydrogen) atoms. The summed E-state index contributed by atoms with van der Waals surface area (Å²) in [5, 5.41) is 2.47. The van der Waals surface area contributed by atoms with E-state index in [1.807, 2.05) is 20.8 Å². The third-order valence-corrected chi connectivity index (χ3v) is 7.79. The molecule has 1 amide bonds. The molecule has 1 saturated carbocycles. The van der Waals surface area contributed by atoms with Gasteiger partial charge in [-0.15, -0.1) is 0 Å². The van der Waals surface area contributed by atoms with Crippen LogP contribution in [-0.4, -0.2) is 49.6 Å². The van der Waals surface area contributed by atoms with Gasteiger partial charge in [0, 0.05) is 18.6 Å². The number of amides is 1. The standard InChI is InChI=1S/C20H29F3N2O3S/c1-19(2,3)25(4)18(26)13-24-15-8-10-16(11-9-15)29(27,28)17-7-5-6-14(12-17)20(21,22)23/h5-7,12,15-16,24H,8-11,13H2,1-4H3/t15-,16+. The number of carbonyl (C=O) groups excluding carboxylic acids is 1. The first-order valence-corrected chi connectivity index (χ1v) is 11.2. The molecule has 5 nitrogen and oxygen atoms in total. The van der Waals surface area contributed by atoms with Gasteiger partial charge in [0.15, 0.2) is 9.84 Å². The van der Waals surface area contributed by atoms with E-state index in [2.05, 4.69) is 5.32 Å². The Morgan fingerprint density at radius 3 is 2.24 bits per heavy atom. The van der Waals surface area contributed by atoms with Crippen molar-refractivity contribution < 1.29 is 26.4 Å². The Morgan fingerprint density at radius 2 is 1.72 bits per heavy atom. The summed E-state index contributed by atoms with van der Waals surface area (Å²) >= 11 is 0. The van der Waals surface area contributed by atoms with Crippen LogP contribution in [0.1, 0.15) is 52.0 Å². The van der Waals surface area contributed by atoms with Crippen molar-refractivity contribution in [3.8, 4) is 0 Å². The highest BCUT2D eigenvalue weighted by Gasteiger charge is 2.35. The lowest BCUT2D eigenvalue weighted by Crippen LogP contribution is -2.48. The van der Waals surface area contributed by atoms with E-state index in [0.29, 0.717) is 31.7 Å². The van der Waals surface area contributed by atoms with Gasteiger partial charge in [0.05, 0.1) is 22.3 Å². The monoisotopic (exact) mass is 434 g/mol. The van der Waals surface area contributed by atoms with Crippen molar-refractivity contribution in [3.63, 3.8) is 0 Å². The van der Waals surface area contributed by atoms with Crippen LogP contribution >= 0.6 is 0 Å². The van der Waals surface area contributed by atoms with Crippen LogP contribution < -0.4 is 5.32 Å². The van der Waals surface area contributed by atoms with Gasteiger partial charge in [0.2, 0.25) is 5.91 Å². The van der Waals surface area contributed by atoms with Crippen molar-refractivity contribution in [1.82, 2.24) is 10.2 Å². The summed E-state index contributed by atoms with van der Waals surface area (Å²) < 4.78 is 64.3. The molecule has 0 saturated heterocycles. The minimum absolute atomic E-state index is 0.0141. The molecule has 1 aliphatic rings. The molecule has 1 aromatic carbocycles. The summed E-state index contributed by atoms with van der Waals surface area (Å²) in [6.07, 6.45) is -2.79. The fourth-order valence-electron chi connectivity index (χ4n) is 3.34. The maximum atomic E-state index is 12.9. The molecule has 0 aromatic heterocycles. The Labute approximate surface area is 170 Å². The Bertz CT molecular complexity index is 824. The van der Waals surface area contributed by atoms with Crippen molar-refractivity contribution >= 4 is 15.7 Å². The van der Waals surface area contributed by atoms with Gasteiger partial charge in [-0.1, -0.05) is 6.07 Å². The molecule has 0 atom stereocenters. The normalized spacial score (nSPS) is 21.1. The maximum Gasteiger partial charge on any atom is 0.416 e. The molecule has 1 fully saturated rings. The fraction of sp³-hybridized carbons (Fsp3) is 0.650. The minimum atomic E-state index is -4.58. The third-order valence-electron chi connectivity index (χ3n) is 5.53. The zero-order chi connectivity index (χ0) is 22.0. The first kappa shape index (κ1) is 23.7. The Morgan fingerprint density at radius 1 is 1.14 bits per heavy atom. The first-order valence-electron chi connectivity index (χ1n) is 9.64. The molecule has 0 aliphatic heterocycles. The molecule has 0 unspecified atom stereocenters. The van der Waals surface area contributed by atoms with E-state index in [1.54, 1.807) is 11.9 Å². The predicted octanol–water partition coefficient (Wildman–Crippen LogP) is 3.64. The van der Waals surface area contributed by atoms with E-state index in [0.717, 1.165) is 12.1 Å². The second kappa shape index (κ2) is 8.63. The van der Waals surface area contributed by atoms with Crippen LogP contribution in [0.2, 0.25) is 0 Å². The van der Waals surface area contributed by atoms with Gasteiger partial charge in [0.25, 0.3) is 0 Å². The Kier molecular flexibility index (Phi) is 7.05. The lowest BCUT2D eigenvalue weighted by atomic mass is 9.95. The van der Waals surface area contributed by atoms with E-state index in [1.165, 1.54) is 6.07 Å². The van der Waals surface area contributed by atoms with Crippen LogP contribution in [-0.2, 0) is 20.8 Å². The maximum absolute atomic E-state index is 12.9. The number of halogens is 3. The van der Waals surface area contributed by atoms with E-state index in [-0.39, 0.29) is 28.9 Å². The molecule has 1 aromatic rings. The van der Waals surface area contributed by atoms with Gasteiger partial charge in [-0.05, 0) is 64.7 Å². The number of carbonyl (C=O) groups is 1. The summed E-state index contributed by atoms with van der Waals surface area (Å²) in [6.45, 7) is 5.99. The van der Waals surface area contributed by atoms with E-state index in [4.69, 9.17) is 0 Å². The molecular weight excluding hydrogens is 405 g/mol. The highest BCUT2D eigenvalue weighted by molar-refractivity contribution is 7.92. The smallest absolute Gasteiger partial charge is 0.340 e. The van der Waals surface area contributed by atoms with Crippen molar-refractivity contribution in [3.05, 3.63) is 29.8 Å². The van der Waals surface area contributed by atoms with E-state index in [9.17, 15) is 26.4 Å². The van der Waals surface area contributed by atoms with Gasteiger partial charge >= 0.3 is 6.18 Å². The first-order chi connectivity index (χ1) is 13.2. The molecular formula is C20H29F3N2O3S. The molecule has 0 bridgehead atoms. The molecule has 1 aliphatic carbocycles. The second-order valence-electron chi connectivity index (χ2n) is 8.55. The molecule has 0 heterocycles. The average molecular weight is 435 g/mol. The average Bonchev–Trinajstić information content (AvgIpc) is 2.64. The van der Waals surface area contributed by atoms with Gasteiger partial charge < -0.3 is 10.2 Å². The molecule has 164 valence electrons. The third kappa shape index (κ3) is 5.94. The molecule has 0 spiro atoms. The Balaban J connectivity index is 1.96. The zero-order valence-corrected chi connectivity index (χ0v) is 18.0. The summed E-state index contributed by atoms with van der Waals surface area (Å²) in [4.78, 5) is 13.6. The number of hydrogen-bond donors (Lipinski definition) is 1. The highest BCUT2D eigenvalue weighted by Crippen LogP contribution is 2.33. The lowest BCUT2D eigenvalue weighted by molar-refractivity contribution is -0.137. The lowest BCUT2D eigenvalue weighted by Gasteiger charge is -2.33. The molecule has 1 N–H and O–H groups in total. The fourth-order valence-corrected chi connectivity index (χ4v) is 5.18. The summed E-state index contributed by atoms with van der Waals surface area (Å²) in [5.41, 5.74) is -1.24. The van der Waals surface area contributed by atoms with Crippen LogP contribution in [0.25, 0.3) is 0 Å². The van der Waals surface area contributed by atoms with Crippen LogP contribution in [0, 0.1) is 0 Å². The van der Waals surface area contributed by atoms with E-state index >= 15 is 0 Å². The molecule has 9 heteroatoms. The topological polar surface area (TPSA) is 66.5 Å². The number of nitrogens with zero attached hydrogens (tertiary/aromatic N) is 1. The number of alkyl halides is 3. The summed E-state index contributed by atoms with van der Waals surface area (Å²) in [5.74, 6) is -0.0452. The number of rotatable bonds is 5. The van der Waals surface area contributed by atoms with Crippen LogP contribution in [0.5, 0.6) is 0 Å². The zero-order valence-electron chi connectivity index (χ0n) is 17.2. The minimum Gasteiger partial charge on any atom is -0.340 e. The molecule has 2 rings (SSSR count). The van der Waals surface area contributed by atoms with Crippen molar-refractivity contribution in [1.29, 1.82) is 0 Å². The summed E-state index contributed by atoms with van der Waals surface area (Å²) in [6, 6.07) is 3.93. The SMILES string of the molecule is CN(C(=O)CN[C@H]1CC[C@@H](S(=O)(=O)c2cccc(C(F)(F)F)c2)CC1)C(C)(C)C. The van der Waals surface area contributed by atoms with Gasteiger partial charge in [-0.25, -0.2) is 8.42 Å². The highest BCUT2D eigenvalue weighted by atomic mass is 32.2. The quantitative estimate of drug-likeness (QED) is 0.769. The largest absolute Gasteiger partial charge is 0.416 e. The number of sulfone groups is 1. The van der Waals surface area contributed by atoms with E-state index < -0.39 is 26.8 Å². The Hall–Kier alpha value is -1.61. The van der Waals surface area contributed by atoms with Crippen molar-refractivity contribution in [2.45, 2.75) is 74.4 Å². The number of likely N-dealkylation sites (N-methyl/N-ethyl adjacent to an activating group) is 1. The molecule has 0 radical (unpaired) electrons. The number of nitrogens with one attached hydrogen (secondary N) is 1. The van der Waals surface area contributed by atoms with Gasteiger partial charge in [-0.2, -0.15) is 13.2 Å². The van der Waals surface area contributed by atoms with Gasteiger partial charge in [0.1, 0.15) is 0 Å². The predicted molar refractivity (Wildman–Crippen MR) is 105 cm³/mol.